The van der Waals surface area contributed by atoms with Crippen molar-refractivity contribution in [2.24, 2.45) is 0 Å². The Morgan fingerprint density at radius 1 is 1.10 bits per heavy atom. The summed E-state index contributed by atoms with van der Waals surface area (Å²) in [7, 11) is -6.84. The summed E-state index contributed by atoms with van der Waals surface area (Å²) in [6, 6.07) is 0. The summed E-state index contributed by atoms with van der Waals surface area (Å²) < 4.78 is 82.7. The highest BCUT2D eigenvalue weighted by Crippen LogP contribution is 2.17. The molecule has 0 spiro atoms. The van der Waals surface area contributed by atoms with Gasteiger partial charge in [0.05, 0.1) is 29.3 Å². The summed E-state index contributed by atoms with van der Waals surface area (Å²) in [5, 5.41) is 0. The van der Waals surface area contributed by atoms with Crippen LogP contribution in [0.5, 0.6) is 0 Å². The maximum Gasteiger partial charge on any atom is 0.390 e. The Balaban J connectivity index is 4.82. The van der Waals surface area contributed by atoms with Crippen LogP contribution in [0.2, 0.25) is 19.6 Å². The number of hydrogen-bond donors (Lipinski definition) is 0. The zero-order valence-corrected chi connectivity index (χ0v) is 15.2. The third-order valence-electron chi connectivity index (χ3n) is 1.59. The minimum atomic E-state index is -4.38. The molecule has 3 atom stereocenters. The first-order valence-corrected chi connectivity index (χ1v) is 12.1. The normalized spacial score (nSPS) is 19.0. The van der Waals surface area contributed by atoms with Crippen LogP contribution in [-0.2, 0) is 49.5 Å². The summed E-state index contributed by atoms with van der Waals surface area (Å²) >= 11 is -5.96. The lowest BCUT2D eigenvalue weighted by molar-refractivity contribution is -0.000108. The summed E-state index contributed by atoms with van der Waals surface area (Å²) in [4.78, 5) is 0. The molecule has 0 aliphatic carbocycles. The van der Waals surface area contributed by atoms with Gasteiger partial charge in [-0.25, -0.2) is 12.6 Å². The van der Waals surface area contributed by atoms with Crippen molar-refractivity contribution in [2.75, 3.05) is 13.2 Å². The van der Waals surface area contributed by atoms with Crippen molar-refractivity contribution in [3.63, 3.8) is 0 Å². The predicted octanol–water partition coefficient (Wildman–Crippen LogP) is -0.521. The quantitative estimate of drug-likeness (QED) is 0.355. The Labute approximate surface area is 129 Å². The molecule has 21 heavy (non-hydrogen) atoms. The monoisotopic (exact) mass is 384 g/mol. The summed E-state index contributed by atoms with van der Waals surface area (Å²) in [6.45, 7) is 4.31. The minimum Gasteiger partial charge on any atom is -0.750 e. The Morgan fingerprint density at radius 3 is 2.00 bits per heavy atom. The lowest BCUT2D eigenvalue weighted by Gasteiger charge is -2.29. The molecule has 3 unspecified atom stereocenters. The fraction of sp³-hybridized carbons (Fsp3) is 1.00. The van der Waals surface area contributed by atoms with Gasteiger partial charge in [0.2, 0.25) is 8.32 Å². The maximum absolute atomic E-state index is 11.5. The smallest absolute Gasteiger partial charge is 0.390 e. The first kappa shape index (κ1) is 21.2. The predicted molar refractivity (Wildman–Crippen MR) is 72.6 cm³/mol. The van der Waals surface area contributed by atoms with Gasteiger partial charge < -0.3 is 9.11 Å². The largest absolute Gasteiger partial charge is 0.750 e. The molecule has 0 bridgehead atoms. The van der Waals surface area contributed by atoms with E-state index in [2.05, 4.69) is 12.5 Å². The highest BCUT2D eigenvalue weighted by Gasteiger charge is 2.33. The second-order valence-electron chi connectivity index (χ2n) is 5.07. The Kier molecular flexibility index (Phi) is 8.27. The molecule has 0 rings (SSSR count). The van der Waals surface area contributed by atoms with Gasteiger partial charge >= 0.3 is 10.4 Å². The van der Waals surface area contributed by atoms with Gasteiger partial charge in [0.25, 0.3) is 0 Å². The van der Waals surface area contributed by atoms with Crippen LogP contribution in [0.1, 0.15) is 6.92 Å². The molecule has 0 fully saturated rings. The molecule has 0 aromatic rings. The van der Waals surface area contributed by atoms with Crippen molar-refractivity contribution in [2.45, 2.75) is 32.2 Å². The molecular formula is C7H16O10S3Si-2. The van der Waals surface area contributed by atoms with E-state index < -0.39 is 60.3 Å². The molecular weight excluding hydrogens is 368 g/mol. The van der Waals surface area contributed by atoms with E-state index in [1.54, 1.807) is 19.6 Å². The second kappa shape index (κ2) is 8.18. The summed E-state index contributed by atoms with van der Waals surface area (Å²) in [5.74, 6) is 0. The van der Waals surface area contributed by atoms with E-state index in [1.807, 2.05) is 0 Å². The topological polar surface area (TPSA) is 151 Å². The van der Waals surface area contributed by atoms with Crippen LogP contribution in [0.4, 0.5) is 0 Å². The molecule has 0 saturated carbocycles. The molecule has 0 aliphatic rings. The van der Waals surface area contributed by atoms with Gasteiger partial charge in [-0.3, -0.25) is 12.2 Å². The second-order valence-corrected chi connectivity index (χ2v) is 12.2. The average Bonchev–Trinajstić information content (AvgIpc) is 2.20. The molecule has 0 heterocycles. The van der Waals surface area contributed by atoms with Gasteiger partial charge in [-0.1, -0.05) is 0 Å². The van der Waals surface area contributed by atoms with Gasteiger partial charge in [0, 0.05) is 0 Å². The van der Waals surface area contributed by atoms with Crippen molar-refractivity contribution < 1.29 is 42.4 Å². The standard InChI is InChI=1S/C7H18O10S3Si/c1-7(16-19(10)11,5-14-18(8)9)6-15-20(12,13)17-21(2,3)4/h5-6H2,1-4H3,(H,8,9)(H,10,11)/p-2. The van der Waals surface area contributed by atoms with E-state index in [0.717, 1.165) is 6.92 Å². The molecule has 0 N–H and O–H groups in total. The van der Waals surface area contributed by atoms with E-state index in [4.69, 9.17) is 3.87 Å². The van der Waals surface area contributed by atoms with Crippen LogP contribution in [0.3, 0.4) is 0 Å². The van der Waals surface area contributed by atoms with E-state index in [0.29, 0.717) is 0 Å². The molecule has 0 amide bonds. The molecule has 10 nitrogen and oxygen atoms in total. The van der Waals surface area contributed by atoms with E-state index in [-0.39, 0.29) is 0 Å². The first-order valence-electron chi connectivity index (χ1n) is 5.36. The van der Waals surface area contributed by atoms with E-state index in [1.165, 1.54) is 0 Å². The van der Waals surface area contributed by atoms with Crippen molar-refractivity contribution in [3.8, 4) is 0 Å². The maximum atomic E-state index is 11.5. The summed E-state index contributed by atoms with van der Waals surface area (Å²) in [6.07, 6.45) is 0. The first-order chi connectivity index (χ1) is 9.25. The molecule has 0 aromatic heterocycles. The Bertz CT molecular complexity index is 485. The van der Waals surface area contributed by atoms with Crippen LogP contribution in [0, 0.1) is 0 Å². The molecule has 0 aromatic carbocycles. The van der Waals surface area contributed by atoms with Gasteiger partial charge in [-0.2, -0.15) is 8.42 Å². The number of hydrogen-bond acceptors (Lipinski definition) is 10. The minimum absolute atomic E-state index is 0.764. The zero-order chi connectivity index (χ0) is 16.9. The summed E-state index contributed by atoms with van der Waals surface area (Å²) in [5.41, 5.74) is -1.86. The Morgan fingerprint density at radius 2 is 1.62 bits per heavy atom. The van der Waals surface area contributed by atoms with Gasteiger partial charge in [-0.15, -0.1) is 0 Å². The van der Waals surface area contributed by atoms with Crippen LogP contribution >= 0.6 is 0 Å². The van der Waals surface area contributed by atoms with Crippen LogP contribution < -0.4 is 0 Å². The van der Waals surface area contributed by atoms with E-state index >= 15 is 0 Å². The van der Waals surface area contributed by atoms with Gasteiger partial charge in [0.1, 0.15) is 12.2 Å². The van der Waals surface area contributed by atoms with Crippen LogP contribution in [0.15, 0.2) is 0 Å². The molecule has 0 saturated heterocycles. The van der Waals surface area contributed by atoms with Gasteiger partial charge in [0.15, 0.2) is 0 Å². The van der Waals surface area contributed by atoms with Crippen molar-refractivity contribution in [1.29, 1.82) is 0 Å². The fourth-order valence-corrected chi connectivity index (χ4v) is 4.76. The SMILES string of the molecule is CC(COS(=O)[O-])(COS(=O)(=O)O[Si](C)(C)C)OS(=O)[O-]. The van der Waals surface area contributed by atoms with E-state index in [9.17, 15) is 25.9 Å². The Hall–Kier alpha value is 0.227. The fourth-order valence-electron chi connectivity index (χ4n) is 0.954. The van der Waals surface area contributed by atoms with Crippen LogP contribution in [0.25, 0.3) is 0 Å². The highest BCUT2D eigenvalue weighted by atomic mass is 32.3. The third-order valence-corrected chi connectivity index (χ3v) is 5.66. The van der Waals surface area contributed by atoms with Crippen molar-refractivity contribution >= 4 is 41.4 Å². The average molecular weight is 384 g/mol. The van der Waals surface area contributed by atoms with Crippen molar-refractivity contribution in [1.82, 2.24) is 0 Å². The number of rotatable bonds is 10. The third kappa shape index (κ3) is 11.4. The lowest BCUT2D eigenvalue weighted by atomic mass is 10.1. The van der Waals surface area contributed by atoms with Crippen LogP contribution in [-0.4, -0.2) is 53.1 Å². The highest BCUT2D eigenvalue weighted by molar-refractivity contribution is 7.83. The van der Waals surface area contributed by atoms with Gasteiger partial charge in [-0.05, 0) is 26.6 Å². The molecule has 14 heteroatoms. The molecule has 128 valence electrons. The molecule has 0 radical (unpaired) electrons. The molecule has 0 aliphatic heterocycles. The zero-order valence-electron chi connectivity index (χ0n) is 11.7. The van der Waals surface area contributed by atoms with Crippen molar-refractivity contribution in [3.05, 3.63) is 0 Å². The lowest BCUT2D eigenvalue weighted by Crippen LogP contribution is -2.42.